The van der Waals surface area contributed by atoms with E-state index in [1.54, 1.807) is 0 Å². The molecule has 6 nitrogen and oxygen atoms in total. The third kappa shape index (κ3) is 3.15. The molecule has 0 saturated carbocycles. The van der Waals surface area contributed by atoms with Gasteiger partial charge in [-0.3, -0.25) is 4.79 Å². The molecule has 3 rings (SSSR count). The van der Waals surface area contributed by atoms with Crippen LogP contribution in [-0.4, -0.2) is 31.2 Å². The number of phenols is 1. The van der Waals surface area contributed by atoms with Gasteiger partial charge in [0, 0.05) is 6.42 Å². The summed E-state index contributed by atoms with van der Waals surface area (Å²) in [4.78, 5) is 12.1. The Hall–Kier alpha value is -2.89. The van der Waals surface area contributed by atoms with Gasteiger partial charge < -0.3 is 10.2 Å². The van der Waals surface area contributed by atoms with E-state index in [0.29, 0.717) is 24.1 Å². The highest BCUT2D eigenvalue weighted by molar-refractivity contribution is 5.73. The van der Waals surface area contributed by atoms with Gasteiger partial charge in [0.15, 0.2) is 0 Å². The third-order valence-electron chi connectivity index (χ3n) is 3.65. The minimum atomic E-state index is -0.836. The van der Waals surface area contributed by atoms with Crippen LogP contribution < -0.4 is 0 Å². The number of aromatic hydroxyl groups is 1. The molecule has 23 heavy (non-hydrogen) atoms. The average molecular weight is 311 g/mol. The van der Waals surface area contributed by atoms with Crippen molar-refractivity contribution in [1.82, 2.24) is 15.0 Å². The second-order valence-corrected chi connectivity index (χ2v) is 5.52. The maximum Gasteiger partial charge on any atom is 0.303 e. The molecule has 0 radical (unpaired) electrons. The number of aromatic nitrogens is 3. The Kier molecular flexibility index (Phi) is 3.97. The molecular formula is C17H17N3O3. The Balaban J connectivity index is 1.98. The first-order valence-corrected chi connectivity index (χ1v) is 7.41. The van der Waals surface area contributed by atoms with Crippen LogP contribution in [0.15, 0.2) is 36.4 Å². The van der Waals surface area contributed by atoms with Gasteiger partial charge in [0.2, 0.25) is 0 Å². The molecule has 6 heteroatoms. The largest absolute Gasteiger partial charge is 0.505 e. The van der Waals surface area contributed by atoms with Crippen LogP contribution in [0.2, 0.25) is 0 Å². The molecule has 0 amide bonds. The van der Waals surface area contributed by atoms with E-state index in [0.717, 1.165) is 16.6 Å². The van der Waals surface area contributed by atoms with Crippen molar-refractivity contribution in [3.63, 3.8) is 0 Å². The summed E-state index contributed by atoms with van der Waals surface area (Å²) < 4.78 is 0. The Morgan fingerprint density at radius 1 is 1.17 bits per heavy atom. The lowest BCUT2D eigenvalue weighted by atomic mass is 10.0. The first-order chi connectivity index (χ1) is 11.0. The van der Waals surface area contributed by atoms with Gasteiger partial charge in [-0.25, -0.2) is 0 Å². The van der Waals surface area contributed by atoms with Crippen LogP contribution in [0.5, 0.6) is 5.75 Å². The fourth-order valence-electron chi connectivity index (χ4n) is 2.57. The minimum Gasteiger partial charge on any atom is -0.505 e. The van der Waals surface area contributed by atoms with E-state index in [-0.39, 0.29) is 12.2 Å². The maximum atomic E-state index is 10.6. The summed E-state index contributed by atoms with van der Waals surface area (Å²) in [5.41, 5.74) is 3.68. The summed E-state index contributed by atoms with van der Waals surface area (Å²) >= 11 is 0. The van der Waals surface area contributed by atoms with Crippen molar-refractivity contribution in [1.29, 1.82) is 0 Å². The first-order valence-electron chi connectivity index (χ1n) is 7.41. The molecule has 118 valence electrons. The average Bonchev–Trinajstić information content (AvgIpc) is 2.93. The number of carbonyl (C=O) groups is 1. The summed E-state index contributed by atoms with van der Waals surface area (Å²) in [5, 5.41) is 28.0. The van der Waals surface area contributed by atoms with E-state index in [9.17, 15) is 9.90 Å². The fraction of sp³-hybridized carbons (Fsp3) is 0.235. The van der Waals surface area contributed by atoms with Crippen LogP contribution >= 0.6 is 0 Å². The predicted octanol–water partition coefficient (Wildman–Crippen LogP) is 2.84. The quantitative estimate of drug-likeness (QED) is 0.756. The zero-order valence-corrected chi connectivity index (χ0v) is 12.7. The summed E-state index contributed by atoms with van der Waals surface area (Å²) in [5.74, 6) is -0.737. The molecule has 1 heterocycles. The van der Waals surface area contributed by atoms with Crippen molar-refractivity contribution in [2.45, 2.75) is 26.2 Å². The number of aryl methyl sites for hydroxylation is 2. The molecule has 0 saturated heterocycles. The lowest BCUT2D eigenvalue weighted by molar-refractivity contribution is -0.137. The number of aliphatic carboxylic acids is 1. The molecule has 0 aliphatic carbocycles. The number of hydrogen-bond donors (Lipinski definition) is 2. The summed E-state index contributed by atoms with van der Waals surface area (Å²) in [6, 6.07) is 11.2. The summed E-state index contributed by atoms with van der Waals surface area (Å²) in [6.45, 7) is 1.92. The molecule has 0 spiro atoms. The van der Waals surface area contributed by atoms with Crippen molar-refractivity contribution in [3.05, 3.63) is 47.5 Å². The number of phenolic OH excluding ortho intramolecular Hbond substituents is 1. The van der Waals surface area contributed by atoms with Gasteiger partial charge in [0.05, 0.1) is 0 Å². The molecule has 0 bridgehead atoms. The highest BCUT2D eigenvalue weighted by Crippen LogP contribution is 2.29. The lowest BCUT2D eigenvalue weighted by Crippen LogP contribution is -2.02. The molecule has 0 aliphatic heterocycles. The third-order valence-corrected chi connectivity index (χ3v) is 3.65. The van der Waals surface area contributed by atoms with Crippen LogP contribution in [0.4, 0.5) is 0 Å². The molecule has 1 aromatic heterocycles. The molecule has 2 aromatic carbocycles. The minimum absolute atomic E-state index is 0.0760. The van der Waals surface area contributed by atoms with Crippen molar-refractivity contribution < 1.29 is 15.0 Å². The molecule has 0 aliphatic rings. The Bertz CT molecular complexity index is 838. The maximum absolute atomic E-state index is 10.6. The predicted molar refractivity (Wildman–Crippen MR) is 85.8 cm³/mol. The van der Waals surface area contributed by atoms with Crippen LogP contribution in [0.3, 0.4) is 0 Å². The fourth-order valence-corrected chi connectivity index (χ4v) is 2.57. The standard InChI is InChI=1S/C17H17N3O3/c1-11-9-12(5-4-8-16(21)22)17(23)15(10-11)20-18-13-6-2-3-7-14(13)19-20/h2-3,6-7,9-10,23H,4-5,8H2,1H3,(H,21,22). The summed E-state index contributed by atoms with van der Waals surface area (Å²) in [6.07, 6.45) is 1.04. The van der Waals surface area contributed by atoms with Gasteiger partial charge in [0.25, 0.3) is 0 Å². The van der Waals surface area contributed by atoms with Gasteiger partial charge >= 0.3 is 5.97 Å². The molecule has 0 fully saturated rings. The van der Waals surface area contributed by atoms with Crippen LogP contribution in [0, 0.1) is 6.92 Å². The Morgan fingerprint density at radius 3 is 2.43 bits per heavy atom. The zero-order valence-electron chi connectivity index (χ0n) is 12.7. The van der Waals surface area contributed by atoms with Gasteiger partial charge in [-0.05, 0) is 49.1 Å². The molecule has 2 N–H and O–H groups in total. The second-order valence-electron chi connectivity index (χ2n) is 5.52. The van der Waals surface area contributed by atoms with E-state index >= 15 is 0 Å². The van der Waals surface area contributed by atoms with E-state index in [4.69, 9.17) is 5.11 Å². The van der Waals surface area contributed by atoms with Crippen LogP contribution in [-0.2, 0) is 11.2 Å². The van der Waals surface area contributed by atoms with Crippen LogP contribution in [0.25, 0.3) is 16.7 Å². The van der Waals surface area contributed by atoms with E-state index in [1.807, 2.05) is 43.3 Å². The molecular weight excluding hydrogens is 294 g/mol. The van der Waals surface area contributed by atoms with E-state index in [1.165, 1.54) is 4.80 Å². The summed E-state index contributed by atoms with van der Waals surface area (Å²) in [7, 11) is 0. The molecule has 0 unspecified atom stereocenters. The topological polar surface area (TPSA) is 88.2 Å². The Morgan fingerprint density at radius 2 is 1.83 bits per heavy atom. The van der Waals surface area contributed by atoms with Crippen LogP contribution in [0.1, 0.15) is 24.0 Å². The van der Waals surface area contributed by atoms with Crippen molar-refractivity contribution in [2.24, 2.45) is 0 Å². The van der Waals surface area contributed by atoms with E-state index in [2.05, 4.69) is 10.2 Å². The van der Waals surface area contributed by atoms with Crippen molar-refractivity contribution >= 4 is 17.0 Å². The zero-order chi connectivity index (χ0) is 16.4. The highest BCUT2D eigenvalue weighted by atomic mass is 16.4. The van der Waals surface area contributed by atoms with Crippen molar-refractivity contribution in [2.75, 3.05) is 0 Å². The van der Waals surface area contributed by atoms with Gasteiger partial charge in [0.1, 0.15) is 22.5 Å². The smallest absolute Gasteiger partial charge is 0.303 e. The normalized spacial score (nSPS) is 11.0. The number of fused-ring (bicyclic) bond motifs is 1. The first kappa shape index (κ1) is 15.0. The number of hydrogen-bond acceptors (Lipinski definition) is 4. The monoisotopic (exact) mass is 311 g/mol. The Labute approximate surface area is 133 Å². The lowest BCUT2D eigenvalue weighted by Gasteiger charge is -2.10. The highest BCUT2D eigenvalue weighted by Gasteiger charge is 2.13. The molecule has 0 atom stereocenters. The van der Waals surface area contributed by atoms with Gasteiger partial charge in [-0.2, -0.15) is 0 Å². The molecule has 3 aromatic rings. The SMILES string of the molecule is Cc1cc(CCCC(=O)O)c(O)c(-n2nc3ccccc3n2)c1. The van der Waals surface area contributed by atoms with Crippen molar-refractivity contribution in [3.8, 4) is 11.4 Å². The number of carboxylic acid groups (broad SMARTS) is 1. The second kappa shape index (κ2) is 6.08. The van der Waals surface area contributed by atoms with Gasteiger partial charge in [-0.1, -0.05) is 18.2 Å². The van der Waals surface area contributed by atoms with E-state index < -0.39 is 5.97 Å². The van der Waals surface area contributed by atoms with Gasteiger partial charge in [-0.15, -0.1) is 15.0 Å². The number of nitrogens with zero attached hydrogens (tertiary/aromatic N) is 3. The number of carboxylic acids is 1. The number of rotatable bonds is 5. The number of benzene rings is 2.